The van der Waals surface area contributed by atoms with Gasteiger partial charge in [0.05, 0.1) is 5.92 Å². The van der Waals surface area contributed by atoms with Gasteiger partial charge in [0, 0.05) is 31.7 Å². The Kier molecular flexibility index (Phi) is 6.17. The Hall–Kier alpha value is -2.57. The number of rotatable bonds is 5. The predicted octanol–water partition coefficient (Wildman–Crippen LogP) is 1.23. The molecular weight excluding hydrogens is 310 g/mol. The minimum atomic E-state index is -0.797. The number of urea groups is 1. The number of benzene rings is 1. The molecule has 130 valence electrons. The maximum absolute atomic E-state index is 12.0. The standard InChI is InChI=1S/C17H23N3O4/c1-12-2-4-13(5-3-12)15(21)18-8-9-19-17(24)20-10-6-14(7-11-20)16(22)23/h2-5,14H,6-11H2,1H3,(H,18,21)(H,19,24)(H,22,23). The Bertz CT molecular complexity index is 592. The molecule has 24 heavy (non-hydrogen) atoms. The Morgan fingerprint density at radius 3 is 2.25 bits per heavy atom. The van der Waals surface area contributed by atoms with E-state index in [1.807, 2.05) is 19.1 Å². The number of carboxylic acids is 1. The van der Waals surface area contributed by atoms with E-state index in [2.05, 4.69) is 10.6 Å². The van der Waals surface area contributed by atoms with Crippen molar-refractivity contribution in [3.05, 3.63) is 35.4 Å². The van der Waals surface area contributed by atoms with Gasteiger partial charge in [-0.15, -0.1) is 0 Å². The minimum absolute atomic E-state index is 0.175. The molecule has 0 bridgehead atoms. The van der Waals surface area contributed by atoms with Crippen molar-refractivity contribution < 1.29 is 19.5 Å². The number of amides is 3. The van der Waals surface area contributed by atoms with E-state index in [1.165, 1.54) is 0 Å². The van der Waals surface area contributed by atoms with Gasteiger partial charge in [0.2, 0.25) is 0 Å². The molecule has 0 unspecified atom stereocenters. The van der Waals surface area contributed by atoms with E-state index in [0.29, 0.717) is 44.6 Å². The number of nitrogens with zero attached hydrogens (tertiary/aromatic N) is 1. The smallest absolute Gasteiger partial charge is 0.317 e. The molecular formula is C17H23N3O4. The van der Waals surface area contributed by atoms with E-state index in [1.54, 1.807) is 17.0 Å². The van der Waals surface area contributed by atoms with Gasteiger partial charge in [0.15, 0.2) is 0 Å². The number of hydrogen-bond acceptors (Lipinski definition) is 3. The quantitative estimate of drug-likeness (QED) is 0.706. The number of nitrogens with one attached hydrogen (secondary N) is 2. The fourth-order valence-corrected chi connectivity index (χ4v) is 2.59. The fourth-order valence-electron chi connectivity index (χ4n) is 2.59. The first kappa shape index (κ1) is 17.8. The zero-order chi connectivity index (χ0) is 17.5. The molecule has 0 atom stereocenters. The summed E-state index contributed by atoms with van der Waals surface area (Å²) in [7, 11) is 0. The Labute approximate surface area is 141 Å². The van der Waals surface area contributed by atoms with Gasteiger partial charge in [-0.1, -0.05) is 17.7 Å². The molecule has 2 rings (SSSR count). The van der Waals surface area contributed by atoms with Gasteiger partial charge in [-0.05, 0) is 31.9 Å². The average Bonchev–Trinajstić information content (AvgIpc) is 2.59. The summed E-state index contributed by atoms with van der Waals surface area (Å²) in [5.74, 6) is -1.33. The lowest BCUT2D eigenvalue weighted by Crippen LogP contribution is -2.47. The molecule has 0 aromatic heterocycles. The molecule has 1 fully saturated rings. The monoisotopic (exact) mass is 333 g/mol. The molecule has 1 aromatic carbocycles. The third-order valence-corrected chi connectivity index (χ3v) is 4.13. The van der Waals surface area contributed by atoms with Gasteiger partial charge in [-0.3, -0.25) is 9.59 Å². The van der Waals surface area contributed by atoms with Gasteiger partial charge in [-0.2, -0.15) is 0 Å². The highest BCUT2D eigenvalue weighted by Gasteiger charge is 2.26. The molecule has 7 nitrogen and oxygen atoms in total. The van der Waals surface area contributed by atoms with Crippen LogP contribution in [-0.2, 0) is 4.79 Å². The highest BCUT2D eigenvalue weighted by atomic mass is 16.4. The Morgan fingerprint density at radius 2 is 1.67 bits per heavy atom. The summed E-state index contributed by atoms with van der Waals surface area (Å²) in [5, 5.41) is 14.4. The normalized spacial score (nSPS) is 15.0. The molecule has 0 spiro atoms. The molecule has 3 N–H and O–H groups in total. The van der Waals surface area contributed by atoms with Crippen molar-refractivity contribution in [2.75, 3.05) is 26.2 Å². The molecule has 3 amide bonds. The second-order valence-corrected chi connectivity index (χ2v) is 5.95. The molecule has 1 aliphatic heterocycles. The summed E-state index contributed by atoms with van der Waals surface area (Å²) in [6.45, 7) is 3.51. The highest BCUT2D eigenvalue weighted by Crippen LogP contribution is 2.17. The van der Waals surface area contributed by atoms with Crippen LogP contribution in [0, 0.1) is 12.8 Å². The molecule has 7 heteroatoms. The lowest BCUT2D eigenvalue weighted by molar-refractivity contribution is -0.143. The van der Waals surface area contributed by atoms with Crippen LogP contribution >= 0.6 is 0 Å². The summed E-state index contributed by atoms with van der Waals surface area (Å²) in [5.41, 5.74) is 1.67. The van der Waals surface area contributed by atoms with Crippen LogP contribution in [0.25, 0.3) is 0 Å². The Morgan fingerprint density at radius 1 is 1.08 bits per heavy atom. The first-order valence-corrected chi connectivity index (χ1v) is 8.08. The van der Waals surface area contributed by atoms with Gasteiger partial charge in [0.25, 0.3) is 5.91 Å². The molecule has 1 aromatic rings. The average molecular weight is 333 g/mol. The van der Waals surface area contributed by atoms with E-state index in [9.17, 15) is 14.4 Å². The van der Waals surface area contributed by atoms with Crippen LogP contribution in [0.3, 0.4) is 0 Å². The van der Waals surface area contributed by atoms with E-state index >= 15 is 0 Å². The first-order valence-electron chi connectivity index (χ1n) is 8.08. The number of piperidine rings is 1. The predicted molar refractivity (Wildman–Crippen MR) is 88.8 cm³/mol. The van der Waals surface area contributed by atoms with Crippen LogP contribution in [-0.4, -0.2) is 54.1 Å². The van der Waals surface area contributed by atoms with Crippen molar-refractivity contribution >= 4 is 17.9 Å². The van der Waals surface area contributed by atoms with Crippen molar-refractivity contribution in [3.63, 3.8) is 0 Å². The molecule has 0 aliphatic carbocycles. The largest absolute Gasteiger partial charge is 0.481 e. The summed E-state index contributed by atoms with van der Waals surface area (Å²) in [6.07, 6.45) is 0.958. The van der Waals surface area contributed by atoms with Crippen LogP contribution in [0.4, 0.5) is 4.79 Å². The van der Waals surface area contributed by atoms with Gasteiger partial charge in [0.1, 0.15) is 0 Å². The number of hydrogen-bond donors (Lipinski definition) is 3. The lowest BCUT2D eigenvalue weighted by Gasteiger charge is -2.30. The second kappa shape index (κ2) is 8.33. The highest BCUT2D eigenvalue weighted by molar-refractivity contribution is 5.94. The number of carbonyl (C=O) groups is 3. The van der Waals surface area contributed by atoms with Gasteiger partial charge in [-0.25, -0.2) is 4.79 Å². The van der Waals surface area contributed by atoms with E-state index in [4.69, 9.17) is 5.11 Å². The Balaban J connectivity index is 1.65. The van der Waals surface area contributed by atoms with Crippen molar-refractivity contribution in [2.45, 2.75) is 19.8 Å². The van der Waals surface area contributed by atoms with Crippen LogP contribution < -0.4 is 10.6 Å². The van der Waals surface area contributed by atoms with E-state index in [-0.39, 0.29) is 17.9 Å². The summed E-state index contributed by atoms with van der Waals surface area (Å²) in [4.78, 5) is 36.4. The summed E-state index contributed by atoms with van der Waals surface area (Å²) in [6, 6.07) is 7.05. The van der Waals surface area contributed by atoms with E-state index in [0.717, 1.165) is 5.56 Å². The second-order valence-electron chi connectivity index (χ2n) is 5.95. The number of aliphatic carboxylic acids is 1. The zero-order valence-corrected chi connectivity index (χ0v) is 13.7. The molecule has 1 heterocycles. The molecule has 0 saturated carbocycles. The number of aryl methyl sites for hydroxylation is 1. The maximum Gasteiger partial charge on any atom is 0.317 e. The third kappa shape index (κ3) is 4.97. The summed E-state index contributed by atoms with van der Waals surface area (Å²) >= 11 is 0. The zero-order valence-electron chi connectivity index (χ0n) is 13.7. The van der Waals surface area contributed by atoms with Crippen molar-refractivity contribution in [3.8, 4) is 0 Å². The SMILES string of the molecule is Cc1ccc(C(=O)NCCNC(=O)N2CCC(C(=O)O)CC2)cc1. The molecule has 1 saturated heterocycles. The third-order valence-electron chi connectivity index (χ3n) is 4.13. The van der Waals surface area contributed by atoms with Crippen molar-refractivity contribution in [2.24, 2.45) is 5.92 Å². The topological polar surface area (TPSA) is 98.7 Å². The van der Waals surface area contributed by atoms with Crippen molar-refractivity contribution in [1.82, 2.24) is 15.5 Å². The van der Waals surface area contributed by atoms with Gasteiger partial charge < -0.3 is 20.6 Å². The summed E-state index contributed by atoms with van der Waals surface area (Å²) < 4.78 is 0. The van der Waals surface area contributed by atoms with Gasteiger partial charge >= 0.3 is 12.0 Å². The lowest BCUT2D eigenvalue weighted by atomic mass is 9.97. The fraction of sp³-hybridized carbons (Fsp3) is 0.471. The maximum atomic E-state index is 12.0. The number of likely N-dealkylation sites (tertiary alicyclic amines) is 1. The van der Waals surface area contributed by atoms with Crippen LogP contribution in [0.1, 0.15) is 28.8 Å². The number of carboxylic acid groups (broad SMARTS) is 1. The number of carbonyl (C=O) groups excluding carboxylic acids is 2. The van der Waals surface area contributed by atoms with Crippen LogP contribution in [0.5, 0.6) is 0 Å². The van der Waals surface area contributed by atoms with E-state index < -0.39 is 5.97 Å². The molecule has 1 aliphatic rings. The van der Waals surface area contributed by atoms with Crippen LogP contribution in [0.15, 0.2) is 24.3 Å². The molecule has 0 radical (unpaired) electrons. The van der Waals surface area contributed by atoms with Crippen LogP contribution in [0.2, 0.25) is 0 Å². The van der Waals surface area contributed by atoms with Crippen molar-refractivity contribution in [1.29, 1.82) is 0 Å². The first-order chi connectivity index (χ1) is 11.5. The minimum Gasteiger partial charge on any atom is -0.481 e.